The minimum absolute atomic E-state index is 0.248. The van der Waals surface area contributed by atoms with Crippen molar-refractivity contribution >= 4 is 23.8 Å². The number of nitrogens with zero attached hydrogens (tertiary/aromatic N) is 4. The van der Waals surface area contributed by atoms with Crippen molar-refractivity contribution in [1.82, 2.24) is 19.5 Å². The number of benzene rings is 1. The van der Waals surface area contributed by atoms with Crippen LogP contribution in [0, 0.1) is 5.82 Å². The van der Waals surface area contributed by atoms with Gasteiger partial charge in [-0.3, -0.25) is 4.57 Å². The summed E-state index contributed by atoms with van der Waals surface area (Å²) < 4.78 is 14.7. The van der Waals surface area contributed by atoms with E-state index in [1.165, 1.54) is 18.5 Å². The van der Waals surface area contributed by atoms with Gasteiger partial charge in [-0.25, -0.2) is 19.3 Å². The molecular formula is C12H9FN4S. The van der Waals surface area contributed by atoms with Gasteiger partial charge in [-0.05, 0) is 17.7 Å². The Morgan fingerprint density at radius 2 is 2.00 bits per heavy atom. The lowest BCUT2D eigenvalue weighted by molar-refractivity contribution is 0.625. The van der Waals surface area contributed by atoms with E-state index in [1.807, 2.05) is 4.57 Å². The lowest BCUT2D eigenvalue weighted by atomic mass is 10.2. The monoisotopic (exact) mass is 260 g/mol. The molecule has 1 aromatic carbocycles. The first-order valence-electron chi connectivity index (χ1n) is 5.34. The fourth-order valence-corrected chi connectivity index (χ4v) is 2.06. The van der Waals surface area contributed by atoms with Gasteiger partial charge in [0, 0.05) is 0 Å². The lowest BCUT2D eigenvalue weighted by Crippen LogP contribution is -2.01. The SMILES string of the molecule is Fc1ccc(Cn2c(S)nc3cncnc32)cc1. The number of fused-ring (bicyclic) bond motifs is 1. The minimum Gasteiger partial charge on any atom is -0.299 e. The first-order valence-corrected chi connectivity index (χ1v) is 5.78. The topological polar surface area (TPSA) is 43.6 Å². The van der Waals surface area contributed by atoms with Crippen LogP contribution in [0.5, 0.6) is 0 Å². The summed E-state index contributed by atoms with van der Waals surface area (Å²) >= 11 is 4.32. The quantitative estimate of drug-likeness (QED) is 0.719. The molecule has 2 aromatic heterocycles. The lowest BCUT2D eigenvalue weighted by Gasteiger charge is -2.05. The van der Waals surface area contributed by atoms with Crippen LogP contribution in [0.2, 0.25) is 0 Å². The summed E-state index contributed by atoms with van der Waals surface area (Å²) in [4.78, 5) is 12.4. The van der Waals surface area contributed by atoms with Crippen LogP contribution in [-0.4, -0.2) is 19.5 Å². The van der Waals surface area contributed by atoms with Crippen molar-refractivity contribution in [1.29, 1.82) is 0 Å². The first kappa shape index (κ1) is 11.2. The van der Waals surface area contributed by atoms with Gasteiger partial charge in [-0.1, -0.05) is 12.1 Å². The molecule has 0 saturated heterocycles. The Labute approximate surface area is 108 Å². The zero-order valence-electron chi connectivity index (χ0n) is 9.29. The molecule has 90 valence electrons. The van der Waals surface area contributed by atoms with Crippen molar-refractivity contribution in [3.63, 3.8) is 0 Å². The predicted octanol–water partition coefficient (Wildman–Crippen LogP) is 2.30. The van der Waals surface area contributed by atoms with Crippen molar-refractivity contribution in [3.8, 4) is 0 Å². The van der Waals surface area contributed by atoms with Crippen molar-refractivity contribution in [2.75, 3.05) is 0 Å². The second-order valence-electron chi connectivity index (χ2n) is 3.86. The summed E-state index contributed by atoms with van der Waals surface area (Å²) in [7, 11) is 0. The summed E-state index contributed by atoms with van der Waals surface area (Å²) in [5, 5.41) is 0.565. The molecule has 3 aromatic rings. The Kier molecular flexibility index (Phi) is 2.71. The average Bonchev–Trinajstić information content (AvgIpc) is 2.69. The molecule has 0 aliphatic rings. The van der Waals surface area contributed by atoms with E-state index in [0.717, 1.165) is 11.2 Å². The summed E-state index contributed by atoms with van der Waals surface area (Å²) in [6, 6.07) is 6.33. The molecule has 0 spiro atoms. The third kappa shape index (κ3) is 1.95. The van der Waals surface area contributed by atoms with Gasteiger partial charge in [0.1, 0.15) is 17.7 Å². The Morgan fingerprint density at radius 3 is 2.78 bits per heavy atom. The highest BCUT2D eigenvalue weighted by Crippen LogP contribution is 2.17. The maximum Gasteiger partial charge on any atom is 0.167 e. The van der Waals surface area contributed by atoms with Crippen LogP contribution in [0.15, 0.2) is 41.9 Å². The standard InChI is InChI=1S/C12H9FN4S/c13-9-3-1-8(2-4-9)6-17-11-10(16-12(17)18)5-14-7-15-11/h1-5,7H,6H2,(H,16,18). The number of hydrogen-bond donors (Lipinski definition) is 1. The Morgan fingerprint density at radius 1 is 1.22 bits per heavy atom. The normalized spacial score (nSPS) is 11.0. The number of rotatable bonds is 2. The van der Waals surface area contributed by atoms with Gasteiger partial charge in [0.15, 0.2) is 10.8 Å². The molecule has 6 heteroatoms. The smallest absolute Gasteiger partial charge is 0.167 e. The number of imidazole rings is 1. The van der Waals surface area contributed by atoms with Crippen molar-refractivity contribution < 1.29 is 4.39 Å². The second kappa shape index (κ2) is 4.38. The van der Waals surface area contributed by atoms with E-state index in [1.54, 1.807) is 18.3 Å². The molecule has 0 amide bonds. The summed E-state index contributed by atoms with van der Waals surface area (Å²) in [5.41, 5.74) is 2.38. The highest BCUT2D eigenvalue weighted by Gasteiger charge is 2.09. The van der Waals surface area contributed by atoms with Gasteiger partial charge in [-0.2, -0.15) is 0 Å². The maximum atomic E-state index is 12.8. The Bertz CT molecular complexity index is 693. The van der Waals surface area contributed by atoms with E-state index in [9.17, 15) is 4.39 Å². The zero-order valence-corrected chi connectivity index (χ0v) is 10.2. The van der Waals surface area contributed by atoms with Crippen LogP contribution >= 0.6 is 12.6 Å². The fraction of sp³-hybridized carbons (Fsp3) is 0.0833. The van der Waals surface area contributed by atoms with E-state index in [2.05, 4.69) is 27.6 Å². The van der Waals surface area contributed by atoms with E-state index in [-0.39, 0.29) is 5.82 Å². The predicted molar refractivity (Wildman–Crippen MR) is 68.1 cm³/mol. The Hall–Kier alpha value is -1.95. The zero-order chi connectivity index (χ0) is 12.5. The van der Waals surface area contributed by atoms with Crippen LogP contribution in [0.3, 0.4) is 0 Å². The van der Waals surface area contributed by atoms with E-state index >= 15 is 0 Å². The highest BCUT2D eigenvalue weighted by atomic mass is 32.1. The molecule has 0 aliphatic carbocycles. The molecule has 0 radical (unpaired) electrons. The maximum absolute atomic E-state index is 12.8. The third-order valence-electron chi connectivity index (χ3n) is 2.64. The van der Waals surface area contributed by atoms with Gasteiger partial charge in [-0.15, -0.1) is 12.6 Å². The molecule has 2 heterocycles. The third-order valence-corrected chi connectivity index (χ3v) is 2.99. The van der Waals surface area contributed by atoms with Gasteiger partial charge < -0.3 is 0 Å². The van der Waals surface area contributed by atoms with Crippen LogP contribution in [-0.2, 0) is 6.54 Å². The number of thiol groups is 1. The Balaban J connectivity index is 2.04. The molecule has 0 saturated carbocycles. The molecule has 0 bridgehead atoms. The average molecular weight is 260 g/mol. The second-order valence-corrected chi connectivity index (χ2v) is 4.26. The minimum atomic E-state index is -0.248. The van der Waals surface area contributed by atoms with Crippen molar-refractivity contribution in [2.24, 2.45) is 0 Å². The fourth-order valence-electron chi connectivity index (χ4n) is 1.78. The summed E-state index contributed by atoms with van der Waals surface area (Å²) in [6.07, 6.45) is 3.11. The molecule has 0 fully saturated rings. The highest BCUT2D eigenvalue weighted by molar-refractivity contribution is 7.80. The number of hydrogen-bond acceptors (Lipinski definition) is 4. The summed E-state index contributed by atoms with van der Waals surface area (Å²) in [5.74, 6) is -0.248. The van der Waals surface area contributed by atoms with Gasteiger partial charge in [0.05, 0.1) is 12.7 Å². The first-order chi connectivity index (χ1) is 8.74. The largest absolute Gasteiger partial charge is 0.299 e. The summed E-state index contributed by atoms with van der Waals surface area (Å²) in [6.45, 7) is 0.548. The van der Waals surface area contributed by atoms with Gasteiger partial charge >= 0.3 is 0 Å². The molecule has 3 rings (SSSR count). The van der Waals surface area contributed by atoms with Crippen molar-refractivity contribution in [2.45, 2.75) is 11.7 Å². The van der Waals surface area contributed by atoms with Crippen LogP contribution in [0.4, 0.5) is 4.39 Å². The molecule has 0 N–H and O–H groups in total. The number of halogens is 1. The van der Waals surface area contributed by atoms with E-state index < -0.39 is 0 Å². The van der Waals surface area contributed by atoms with Crippen LogP contribution in [0.25, 0.3) is 11.2 Å². The molecule has 0 unspecified atom stereocenters. The molecular weight excluding hydrogens is 251 g/mol. The molecule has 0 atom stereocenters. The van der Waals surface area contributed by atoms with Crippen LogP contribution in [0.1, 0.15) is 5.56 Å². The van der Waals surface area contributed by atoms with E-state index in [4.69, 9.17) is 0 Å². The molecule has 0 aliphatic heterocycles. The number of aromatic nitrogens is 4. The molecule has 4 nitrogen and oxygen atoms in total. The van der Waals surface area contributed by atoms with Crippen molar-refractivity contribution in [3.05, 3.63) is 48.2 Å². The molecule has 18 heavy (non-hydrogen) atoms. The van der Waals surface area contributed by atoms with Crippen LogP contribution < -0.4 is 0 Å². The van der Waals surface area contributed by atoms with Gasteiger partial charge in [0.2, 0.25) is 0 Å². The van der Waals surface area contributed by atoms with Gasteiger partial charge in [0.25, 0.3) is 0 Å². The van der Waals surface area contributed by atoms with E-state index in [0.29, 0.717) is 17.2 Å².